The van der Waals surface area contributed by atoms with Crippen LogP contribution in [0.2, 0.25) is 0 Å². The van der Waals surface area contributed by atoms with Crippen molar-refractivity contribution in [1.29, 1.82) is 0 Å². The number of phenolic OH excluding ortho intramolecular Hbond substituents is 1. The van der Waals surface area contributed by atoms with Crippen molar-refractivity contribution >= 4 is 46.1 Å². The molecule has 38 heavy (non-hydrogen) atoms. The number of anilines is 1. The van der Waals surface area contributed by atoms with E-state index in [1.807, 2.05) is 42.7 Å². The zero-order valence-electron chi connectivity index (χ0n) is 22.1. The predicted octanol–water partition coefficient (Wildman–Crippen LogP) is 4.94. The van der Waals surface area contributed by atoms with Crippen molar-refractivity contribution in [2.75, 3.05) is 17.3 Å². The second kappa shape index (κ2) is 12.8. The maximum atomic E-state index is 13.7. The number of ether oxygens (including phenoxy) is 1. The van der Waals surface area contributed by atoms with E-state index < -0.39 is 35.6 Å². The highest BCUT2D eigenvalue weighted by Crippen LogP contribution is 2.25. The highest BCUT2D eigenvalue weighted by Gasteiger charge is 2.39. The maximum absolute atomic E-state index is 13.7. The zero-order chi connectivity index (χ0) is 27.9. The third-order valence-electron chi connectivity index (χ3n) is 5.79. The topological polar surface area (TPSA) is 122 Å². The molecule has 202 valence electrons. The Labute approximate surface area is 227 Å². The first kappa shape index (κ1) is 29.0. The molecule has 3 aromatic rings. The van der Waals surface area contributed by atoms with Gasteiger partial charge >= 0.3 is 6.09 Å². The van der Waals surface area contributed by atoms with Crippen LogP contribution in [0.1, 0.15) is 32.8 Å². The molecule has 3 rings (SSSR count). The summed E-state index contributed by atoms with van der Waals surface area (Å²) >= 11 is 1.50. The van der Waals surface area contributed by atoms with Crippen molar-refractivity contribution < 1.29 is 24.2 Å². The lowest BCUT2D eigenvalue weighted by Crippen LogP contribution is -2.57. The lowest BCUT2D eigenvalue weighted by molar-refractivity contribution is -0.138. The quantitative estimate of drug-likeness (QED) is 0.353. The number of nitrogens with one attached hydrogen (secondary N) is 1. The Morgan fingerprint density at radius 3 is 2.34 bits per heavy atom. The number of carbonyl (C=O) groups is 3. The molecule has 3 amide bonds. The fourth-order valence-corrected chi connectivity index (χ4v) is 4.45. The van der Waals surface area contributed by atoms with Gasteiger partial charge in [-0.3, -0.25) is 9.59 Å². The molecule has 8 nitrogen and oxygen atoms in total. The number of phenols is 1. The van der Waals surface area contributed by atoms with Crippen LogP contribution in [-0.2, 0) is 20.7 Å². The van der Waals surface area contributed by atoms with Crippen LogP contribution in [0.4, 0.5) is 10.5 Å². The molecule has 0 fully saturated rings. The summed E-state index contributed by atoms with van der Waals surface area (Å²) in [6.45, 7) is 5.07. The number of imide groups is 1. The largest absolute Gasteiger partial charge is 0.508 e. The van der Waals surface area contributed by atoms with Gasteiger partial charge < -0.3 is 20.9 Å². The number of thioether (sulfide) groups is 1. The molecule has 0 aliphatic carbocycles. The Morgan fingerprint density at radius 1 is 1.03 bits per heavy atom. The summed E-state index contributed by atoms with van der Waals surface area (Å²) < 4.78 is 5.56. The molecule has 0 aliphatic rings. The predicted molar refractivity (Wildman–Crippen MR) is 152 cm³/mol. The molecule has 2 atom stereocenters. The van der Waals surface area contributed by atoms with Gasteiger partial charge in [0.15, 0.2) is 0 Å². The van der Waals surface area contributed by atoms with Crippen molar-refractivity contribution in [1.82, 2.24) is 4.90 Å². The van der Waals surface area contributed by atoms with E-state index in [2.05, 4.69) is 5.32 Å². The number of hydrogen-bond donors (Lipinski definition) is 3. The number of nitrogens with zero attached hydrogens (tertiary/aromatic N) is 1. The van der Waals surface area contributed by atoms with E-state index in [1.54, 1.807) is 39.0 Å². The fraction of sp³-hybridized carbons (Fsp3) is 0.345. The average molecular weight is 538 g/mol. The number of hydrogen-bond acceptors (Lipinski definition) is 7. The SMILES string of the molecule is CSCC[C@@H](C(=O)Nc1cccc2ccccc12)N(C(=O)OC(C)(C)C)C(=O)[C@@H](N)Cc1ccc(O)cc1. The molecule has 0 unspecified atom stereocenters. The Balaban J connectivity index is 1.95. The maximum Gasteiger partial charge on any atom is 0.417 e. The van der Waals surface area contributed by atoms with Gasteiger partial charge in [-0.25, -0.2) is 9.69 Å². The number of benzene rings is 3. The Kier molecular flexibility index (Phi) is 9.77. The van der Waals surface area contributed by atoms with E-state index in [4.69, 9.17) is 10.5 Å². The molecular formula is C29H35N3O5S. The van der Waals surface area contributed by atoms with Gasteiger partial charge in [-0.15, -0.1) is 0 Å². The van der Waals surface area contributed by atoms with Crippen molar-refractivity contribution in [3.63, 3.8) is 0 Å². The molecule has 0 saturated carbocycles. The summed E-state index contributed by atoms with van der Waals surface area (Å²) in [5.74, 6) is -0.614. The lowest BCUT2D eigenvalue weighted by Gasteiger charge is -2.33. The van der Waals surface area contributed by atoms with Crippen LogP contribution in [-0.4, -0.2) is 57.6 Å². The van der Waals surface area contributed by atoms with Gasteiger partial charge in [0.25, 0.3) is 0 Å². The van der Waals surface area contributed by atoms with Crippen LogP contribution in [0.5, 0.6) is 5.75 Å². The summed E-state index contributed by atoms with van der Waals surface area (Å²) in [4.78, 5) is 41.6. The summed E-state index contributed by atoms with van der Waals surface area (Å²) in [5, 5.41) is 14.3. The molecule has 0 aromatic heterocycles. The third-order valence-corrected chi connectivity index (χ3v) is 6.44. The highest BCUT2D eigenvalue weighted by atomic mass is 32.2. The lowest BCUT2D eigenvalue weighted by atomic mass is 10.0. The van der Waals surface area contributed by atoms with Gasteiger partial charge in [0, 0.05) is 11.1 Å². The molecule has 3 aromatic carbocycles. The van der Waals surface area contributed by atoms with Crippen LogP contribution in [0.3, 0.4) is 0 Å². The Bertz CT molecular complexity index is 1270. The smallest absolute Gasteiger partial charge is 0.417 e. The van der Waals surface area contributed by atoms with Gasteiger partial charge in [0.05, 0.1) is 6.04 Å². The van der Waals surface area contributed by atoms with E-state index >= 15 is 0 Å². The first-order valence-electron chi connectivity index (χ1n) is 12.4. The number of aromatic hydroxyl groups is 1. The number of fused-ring (bicyclic) bond motifs is 1. The van der Waals surface area contributed by atoms with E-state index in [0.717, 1.165) is 15.7 Å². The van der Waals surface area contributed by atoms with Crippen molar-refractivity contribution in [2.24, 2.45) is 5.73 Å². The normalized spacial score (nSPS) is 13.0. The Hall–Kier alpha value is -3.56. The minimum absolute atomic E-state index is 0.0891. The van der Waals surface area contributed by atoms with Gasteiger partial charge in [0.1, 0.15) is 17.4 Å². The first-order valence-corrected chi connectivity index (χ1v) is 13.8. The summed E-state index contributed by atoms with van der Waals surface area (Å²) in [7, 11) is 0. The van der Waals surface area contributed by atoms with E-state index in [0.29, 0.717) is 17.0 Å². The summed E-state index contributed by atoms with van der Waals surface area (Å²) in [6.07, 6.45) is 1.28. The average Bonchev–Trinajstić information content (AvgIpc) is 2.86. The molecule has 0 radical (unpaired) electrons. The first-order chi connectivity index (χ1) is 18.0. The molecule has 0 saturated heterocycles. The van der Waals surface area contributed by atoms with Gasteiger partial charge in [-0.2, -0.15) is 11.8 Å². The van der Waals surface area contributed by atoms with Crippen molar-refractivity contribution in [3.8, 4) is 5.75 Å². The van der Waals surface area contributed by atoms with E-state index in [-0.39, 0.29) is 18.6 Å². The second-order valence-electron chi connectivity index (χ2n) is 9.98. The molecule has 9 heteroatoms. The Morgan fingerprint density at radius 2 is 1.68 bits per heavy atom. The highest BCUT2D eigenvalue weighted by molar-refractivity contribution is 7.98. The standard InChI is InChI=1S/C29H35N3O5S/c1-29(2,3)37-28(36)32(27(35)23(30)18-19-12-14-21(33)15-13-19)25(16-17-38-4)26(34)31-24-11-7-9-20-8-5-6-10-22(20)24/h5-15,23,25,33H,16-18,30H2,1-4H3,(H,31,34)/t23-,25-/m0/s1. The van der Waals surface area contributed by atoms with Crippen molar-refractivity contribution in [3.05, 3.63) is 72.3 Å². The molecule has 0 bridgehead atoms. The summed E-state index contributed by atoms with van der Waals surface area (Å²) in [6, 6.07) is 17.2. The van der Waals surface area contributed by atoms with E-state index in [9.17, 15) is 19.5 Å². The second-order valence-corrected chi connectivity index (χ2v) is 11.0. The van der Waals surface area contributed by atoms with Gasteiger partial charge in [0.2, 0.25) is 11.8 Å². The third kappa shape index (κ3) is 7.72. The number of carbonyl (C=O) groups excluding carboxylic acids is 3. The number of amides is 3. The van der Waals surface area contributed by atoms with Crippen LogP contribution < -0.4 is 11.1 Å². The zero-order valence-corrected chi connectivity index (χ0v) is 23.0. The van der Waals surface area contributed by atoms with Gasteiger partial charge in [-0.05, 0) is 74.8 Å². The van der Waals surface area contributed by atoms with Crippen LogP contribution in [0, 0.1) is 0 Å². The molecular weight excluding hydrogens is 502 g/mol. The van der Waals surface area contributed by atoms with Crippen LogP contribution in [0.15, 0.2) is 66.7 Å². The van der Waals surface area contributed by atoms with Crippen LogP contribution in [0.25, 0.3) is 10.8 Å². The van der Waals surface area contributed by atoms with Crippen molar-refractivity contribution in [2.45, 2.75) is 51.3 Å². The fourth-order valence-electron chi connectivity index (χ4n) is 3.99. The molecule has 4 N–H and O–H groups in total. The molecule has 0 heterocycles. The monoisotopic (exact) mass is 537 g/mol. The number of rotatable bonds is 9. The number of nitrogens with two attached hydrogens (primary N) is 1. The van der Waals surface area contributed by atoms with Crippen LogP contribution >= 0.6 is 11.8 Å². The minimum atomic E-state index is -1.14. The molecule has 0 aliphatic heterocycles. The van der Waals surface area contributed by atoms with E-state index in [1.165, 1.54) is 23.9 Å². The van der Waals surface area contributed by atoms with Gasteiger partial charge in [-0.1, -0.05) is 48.5 Å². The molecule has 0 spiro atoms. The minimum Gasteiger partial charge on any atom is -0.508 e. The summed E-state index contributed by atoms with van der Waals surface area (Å²) in [5.41, 5.74) is 6.67.